The summed E-state index contributed by atoms with van der Waals surface area (Å²) in [5.41, 5.74) is 0. The first kappa shape index (κ1) is 9.18. The standard InChI is InChI=1S/C7H6BrClN2O2/c8-5-1-10-7(9)11-6(5)13-4-2-12-3-4/h1,4H,2-3H2. The molecule has 0 spiro atoms. The van der Waals surface area contributed by atoms with Crippen LogP contribution >= 0.6 is 27.5 Å². The Bertz CT molecular complexity index is 319. The number of nitrogens with zero attached hydrogens (tertiary/aromatic N) is 2. The van der Waals surface area contributed by atoms with Crippen molar-refractivity contribution in [3.63, 3.8) is 0 Å². The minimum Gasteiger partial charge on any atom is -0.469 e. The van der Waals surface area contributed by atoms with Crippen LogP contribution in [0.15, 0.2) is 10.7 Å². The minimum absolute atomic E-state index is 0.0854. The van der Waals surface area contributed by atoms with Crippen molar-refractivity contribution in [1.29, 1.82) is 0 Å². The molecule has 1 fully saturated rings. The molecule has 0 aromatic carbocycles. The summed E-state index contributed by atoms with van der Waals surface area (Å²) in [6.07, 6.45) is 1.65. The molecule has 0 amide bonds. The first-order valence-corrected chi connectivity index (χ1v) is 4.85. The van der Waals surface area contributed by atoms with Gasteiger partial charge in [-0.1, -0.05) is 0 Å². The summed E-state index contributed by atoms with van der Waals surface area (Å²) in [5.74, 6) is 0.466. The van der Waals surface area contributed by atoms with Gasteiger partial charge in [0.15, 0.2) is 0 Å². The number of ether oxygens (including phenoxy) is 2. The number of hydrogen-bond donors (Lipinski definition) is 0. The molecule has 2 rings (SSSR count). The zero-order chi connectivity index (χ0) is 9.26. The molecule has 70 valence electrons. The molecule has 0 unspecified atom stereocenters. The van der Waals surface area contributed by atoms with Crippen molar-refractivity contribution in [3.05, 3.63) is 16.0 Å². The van der Waals surface area contributed by atoms with Crippen molar-refractivity contribution in [1.82, 2.24) is 9.97 Å². The summed E-state index contributed by atoms with van der Waals surface area (Å²) in [4.78, 5) is 7.71. The van der Waals surface area contributed by atoms with Crippen molar-refractivity contribution in [3.8, 4) is 5.88 Å². The van der Waals surface area contributed by atoms with Crippen molar-refractivity contribution in [2.24, 2.45) is 0 Å². The SMILES string of the molecule is Clc1ncc(Br)c(OC2COC2)n1. The second-order valence-electron chi connectivity index (χ2n) is 2.57. The second kappa shape index (κ2) is 3.77. The Morgan fingerprint density at radius 3 is 3.00 bits per heavy atom. The van der Waals surface area contributed by atoms with Crippen LogP contribution in [-0.4, -0.2) is 29.3 Å². The first-order chi connectivity index (χ1) is 6.25. The van der Waals surface area contributed by atoms with E-state index in [2.05, 4.69) is 25.9 Å². The minimum atomic E-state index is 0.0854. The maximum atomic E-state index is 5.61. The average molecular weight is 265 g/mol. The lowest BCUT2D eigenvalue weighted by atomic mass is 10.3. The molecule has 1 saturated heterocycles. The Hall–Kier alpha value is -0.390. The fourth-order valence-corrected chi connectivity index (χ4v) is 1.26. The highest BCUT2D eigenvalue weighted by Crippen LogP contribution is 2.24. The number of halogens is 2. The molecule has 1 aliphatic rings. The van der Waals surface area contributed by atoms with E-state index in [0.717, 1.165) is 0 Å². The fraction of sp³-hybridized carbons (Fsp3) is 0.429. The third-order valence-electron chi connectivity index (χ3n) is 1.57. The molecular weight excluding hydrogens is 259 g/mol. The zero-order valence-electron chi connectivity index (χ0n) is 6.54. The highest BCUT2D eigenvalue weighted by molar-refractivity contribution is 9.10. The monoisotopic (exact) mass is 264 g/mol. The van der Waals surface area contributed by atoms with Gasteiger partial charge in [-0.2, -0.15) is 4.98 Å². The van der Waals surface area contributed by atoms with Crippen molar-refractivity contribution >= 4 is 27.5 Å². The molecule has 0 atom stereocenters. The molecule has 0 N–H and O–H groups in total. The van der Waals surface area contributed by atoms with Crippen LogP contribution in [0.1, 0.15) is 0 Å². The molecule has 6 heteroatoms. The highest BCUT2D eigenvalue weighted by atomic mass is 79.9. The lowest BCUT2D eigenvalue weighted by Crippen LogP contribution is -2.38. The summed E-state index contributed by atoms with van der Waals surface area (Å²) >= 11 is 8.87. The molecule has 4 nitrogen and oxygen atoms in total. The van der Waals surface area contributed by atoms with Gasteiger partial charge in [-0.3, -0.25) is 0 Å². The van der Waals surface area contributed by atoms with Crippen molar-refractivity contribution in [2.75, 3.05) is 13.2 Å². The molecule has 1 aromatic heterocycles. The van der Waals surface area contributed by atoms with Crippen LogP contribution in [0.3, 0.4) is 0 Å². The van der Waals surface area contributed by atoms with Crippen LogP contribution in [0.4, 0.5) is 0 Å². The van der Waals surface area contributed by atoms with Gasteiger partial charge in [0.25, 0.3) is 0 Å². The van der Waals surface area contributed by atoms with E-state index >= 15 is 0 Å². The third-order valence-corrected chi connectivity index (χ3v) is 2.29. The second-order valence-corrected chi connectivity index (χ2v) is 3.76. The largest absolute Gasteiger partial charge is 0.469 e. The van der Waals surface area contributed by atoms with Gasteiger partial charge in [-0.15, -0.1) is 0 Å². The van der Waals surface area contributed by atoms with E-state index in [4.69, 9.17) is 21.1 Å². The number of rotatable bonds is 2. The third kappa shape index (κ3) is 2.10. The summed E-state index contributed by atoms with van der Waals surface area (Å²) in [7, 11) is 0. The quantitative estimate of drug-likeness (QED) is 0.763. The maximum absolute atomic E-state index is 5.61. The molecule has 0 bridgehead atoms. The van der Waals surface area contributed by atoms with E-state index in [1.54, 1.807) is 6.20 Å². The molecule has 0 radical (unpaired) electrons. The predicted octanol–water partition coefficient (Wildman–Crippen LogP) is 1.67. The fourth-order valence-electron chi connectivity index (χ4n) is 0.854. The molecular formula is C7H6BrClN2O2. The van der Waals surface area contributed by atoms with E-state index in [1.165, 1.54) is 0 Å². The van der Waals surface area contributed by atoms with Crippen LogP contribution in [0, 0.1) is 0 Å². The van der Waals surface area contributed by atoms with Crippen LogP contribution in [0.5, 0.6) is 5.88 Å². The summed E-state index contributed by atoms with van der Waals surface area (Å²) < 4.78 is 11.1. The van der Waals surface area contributed by atoms with Crippen LogP contribution in [0.2, 0.25) is 5.28 Å². The lowest BCUT2D eigenvalue weighted by molar-refractivity contribution is -0.0816. The predicted molar refractivity (Wildman–Crippen MR) is 50.0 cm³/mol. The van der Waals surface area contributed by atoms with Gasteiger partial charge >= 0.3 is 0 Å². The molecule has 2 heterocycles. The zero-order valence-corrected chi connectivity index (χ0v) is 8.88. The molecule has 1 aliphatic heterocycles. The normalized spacial score (nSPS) is 16.8. The van der Waals surface area contributed by atoms with E-state index in [0.29, 0.717) is 23.6 Å². The van der Waals surface area contributed by atoms with Gasteiger partial charge in [0.1, 0.15) is 6.10 Å². The Morgan fingerprint density at radius 2 is 2.38 bits per heavy atom. The Morgan fingerprint density at radius 1 is 1.62 bits per heavy atom. The van der Waals surface area contributed by atoms with E-state index < -0.39 is 0 Å². The Labute approximate surface area is 88.4 Å². The van der Waals surface area contributed by atoms with E-state index in [9.17, 15) is 0 Å². The van der Waals surface area contributed by atoms with E-state index in [-0.39, 0.29) is 11.4 Å². The van der Waals surface area contributed by atoms with Gasteiger partial charge in [0, 0.05) is 6.20 Å². The van der Waals surface area contributed by atoms with Crippen LogP contribution in [-0.2, 0) is 4.74 Å². The summed E-state index contributed by atoms with van der Waals surface area (Å²) in [6, 6.07) is 0. The van der Waals surface area contributed by atoms with E-state index in [1.807, 2.05) is 0 Å². The topological polar surface area (TPSA) is 44.2 Å². The molecule has 0 aliphatic carbocycles. The summed E-state index contributed by atoms with van der Waals surface area (Å²) in [5, 5.41) is 0.179. The summed E-state index contributed by atoms with van der Waals surface area (Å²) in [6.45, 7) is 1.21. The first-order valence-electron chi connectivity index (χ1n) is 3.68. The smallest absolute Gasteiger partial charge is 0.232 e. The van der Waals surface area contributed by atoms with Gasteiger partial charge < -0.3 is 9.47 Å². The van der Waals surface area contributed by atoms with Crippen LogP contribution < -0.4 is 4.74 Å². The Kier molecular flexibility index (Phi) is 2.66. The average Bonchev–Trinajstić information content (AvgIpc) is 2.03. The lowest BCUT2D eigenvalue weighted by Gasteiger charge is -2.26. The Balaban J connectivity index is 2.13. The van der Waals surface area contributed by atoms with Crippen LogP contribution in [0.25, 0.3) is 0 Å². The van der Waals surface area contributed by atoms with Gasteiger partial charge in [-0.25, -0.2) is 4.98 Å². The van der Waals surface area contributed by atoms with Crippen molar-refractivity contribution < 1.29 is 9.47 Å². The molecule has 13 heavy (non-hydrogen) atoms. The van der Waals surface area contributed by atoms with Gasteiger partial charge in [-0.05, 0) is 27.5 Å². The number of hydrogen-bond acceptors (Lipinski definition) is 4. The molecule has 1 aromatic rings. The highest BCUT2D eigenvalue weighted by Gasteiger charge is 2.21. The van der Waals surface area contributed by atoms with Gasteiger partial charge in [0.2, 0.25) is 11.2 Å². The molecule has 0 saturated carbocycles. The number of aromatic nitrogens is 2. The van der Waals surface area contributed by atoms with Gasteiger partial charge in [0.05, 0.1) is 17.7 Å². The maximum Gasteiger partial charge on any atom is 0.232 e. The van der Waals surface area contributed by atoms with Crippen molar-refractivity contribution in [2.45, 2.75) is 6.10 Å².